The maximum atomic E-state index is 11.3. The fourth-order valence-electron chi connectivity index (χ4n) is 1.95. The van der Waals surface area contributed by atoms with E-state index in [1.165, 1.54) is 36.4 Å². The molecule has 0 bridgehead atoms. The molecule has 8 nitrogen and oxygen atoms in total. The molecule has 0 aliphatic rings. The van der Waals surface area contributed by atoms with Gasteiger partial charge in [-0.15, -0.1) is 0 Å². The third kappa shape index (κ3) is 4.11. The van der Waals surface area contributed by atoms with Crippen LogP contribution in [0.3, 0.4) is 0 Å². The highest BCUT2D eigenvalue weighted by Crippen LogP contribution is 2.26. The largest absolute Gasteiger partial charge is 0.508 e. The molecule has 0 heterocycles. The molecule has 128 valence electrons. The van der Waals surface area contributed by atoms with Crippen LogP contribution >= 0.6 is 0 Å². The molecule has 0 unspecified atom stereocenters. The standard InChI is InChI=1S/C14H12O8S2/c15-11-5-3-9(13(7-11)23(17,18)19)1-2-10-4-6-12(16)8-14(10)24(20,21)22/h1-8,15-16H,(H,17,18,19)(H,20,21,22). The Bertz CT molecular complexity index is 937. The minimum absolute atomic E-state index is 0.0235. The van der Waals surface area contributed by atoms with Gasteiger partial charge in [-0.1, -0.05) is 12.2 Å². The molecule has 0 aliphatic heterocycles. The third-order valence-corrected chi connectivity index (χ3v) is 4.81. The summed E-state index contributed by atoms with van der Waals surface area (Å²) in [4.78, 5) is -1.16. The van der Waals surface area contributed by atoms with Crippen LogP contribution < -0.4 is 0 Å². The van der Waals surface area contributed by atoms with Crippen molar-refractivity contribution in [2.75, 3.05) is 0 Å². The first-order valence-corrected chi connectivity index (χ1v) is 9.15. The predicted molar refractivity (Wildman–Crippen MR) is 84.8 cm³/mol. The second-order valence-electron chi connectivity index (χ2n) is 4.73. The van der Waals surface area contributed by atoms with Crippen molar-refractivity contribution in [3.63, 3.8) is 0 Å². The van der Waals surface area contributed by atoms with Crippen LogP contribution in [0.4, 0.5) is 0 Å². The Morgan fingerprint density at radius 2 is 1.00 bits per heavy atom. The van der Waals surface area contributed by atoms with Crippen molar-refractivity contribution in [3.05, 3.63) is 47.5 Å². The molecule has 4 N–H and O–H groups in total. The predicted octanol–water partition coefficient (Wildman–Crippen LogP) is 1.76. The normalized spacial score (nSPS) is 12.6. The SMILES string of the molecule is O=S(=O)(O)c1cc(O)ccc1C=Cc1ccc(O)cc1S(=O)(=O)O. The summed E-state index contributed by atoms with van der Waals surface area (Å²) in [6, 6.07) is 6.40. The molecule has 0 saturated heterocycles. The minimum atomic E-state index is -4.62. The van der Waals surface area contributed by atoms with Gasteiger partial charge >= 0.3 is 0 Å². The molecule has 24 heavy (non-hydrogen) atoms. The molecule has 10 heteroatoms. The van der Waals surface area contributed by atoms with Gasteiger partial charge in [-0.3, -0.25) is 9.11 Å². The lowest BCUT2D eigenvalue weighted by Gasteiger charge is -2.05. The van der Waals surface area contributed by atoms with Crippen LogP contribution in [0.15, 0.2) is 46.2 Å². The van der Waals surface area contributed by atoms with Gasteiger partial charge in [0.25, 0.3) is 20.2 Å². The van der Waals surface area contributed by atoms with Crippen LogP contribution in [-0.4, -0.2) is 36.2 Å². The molecular formula is C14H12O8S2. The number of aromatic hydroxyl groups is 2. The molecule has 0 fully saturated rings. The Hall–Kier alpha value is -2.40. The highest BCUT2D eigenvalue weighted by Gasteiger charge is 2.17. The number of phenolic OH excluding ortho intramolecular Hbond substituents is 2. The van der Waals surface area contributed by atoms with Crippen LogP contribution in [0.5, 0.6) is 11.5 Å². The van der Waals surface area contributed by atoms with Gasteiger partial charge in [0, 0.05) is 12.1 Å². The Morgan fingerprint density at radius 3 is 1.29 bits per heavy atom. The van der Waals surface area contributed by atoms with Crippen LogP contribution in [0.1, 0.15) is 11.1 Å². The number of phenols is 2. The van der Waals surface area contributed by atoms with E-state index in [1.807, 2.05) is 0 Å². The zero-order chi connectivity index (χ0) is 18.1. The van der Waals surface area contributed by atoms with E-state index in [9.17, 15) is 27.0 Å². The second kappa shape index (κ2) is 6.24. The third-order valence-electron chi connectivity index (χ3n) is 2.99. The Morgan fingerprint density at radius 1 is 0.667 bits per heavy atom. The molecule has 0 aliphatic carbocycles. The summed E-state index contributed by atoms with van der Waals surface area (Å²) in [6.45, 7) is 0. The molecule has 2 aromatic rings. The monoisotopic (exact) mass is 372 g/mol. The summed E-state index contributed by atoms with van der Waals surface area (Å²) in [6.07, 6.45) is 2.34. The summed E-state index contributed by atoms with van der Waals surface area (Å²) in [7, 11) is -9.25. The van der Waals surface area contributed by atoms with Gasteiger partial charge in [0.15, 0.2) is 0 Å². The molecule has 0 radical (unpaired) electrons. The Labute approximate surface area is 137 Å². The van der Waals surface area contributed by atoms with Gasteiger partial charge in [0.2, 0.25) is 0 Å². The van der Waals surface area contributed by atoms with Crippen molar-refractivity contribution in [1.29, 1.82) is 0 Å². The number of benzene rings is 2. The maximum Gasteiger partial charge on any atom is 0.295 e. The quantitative estimate of drug-likeness (QED) is 0.468. The van der Waals surface area contributed by atoms with Crippen molar-refractivity contribution in [2.45, 2.75) is 9.79 Å². The Balaban J connectivity index is 2.59. The number of rotatable bonds is 4. The van der Waals surface area contributed by atoms with E-state index in [0.29, 0.717) is 0 Å². The second-order valence-corrected chi connectivity index (χ2v) is 7.51. The highest BCUT2D eigenvalue weighted by atomic mass is 32.2. The summed E-state index contributed by atoms with van der Waals surface area (Å²) < 4.78 is 63.7. The highest BCUT2D eigenvalue weighted by molar-refractivity contribution is 7.86. The first kappa shape index (κ1) is 17.9. The number of hydrogen-bond acceptors (Lipinski definition) is 6. The lowest BCUT2D eigenvalue weighted by Crippen LogP contribution is -2.01. The summed E-state index contributed by atoms with van der Waals surface area (Å²) >= 11 is 0. The fourth-order valence-corrected chi connectivity index (χ4v) is 3.36. The van der Waals surface area contributed by atoms with E-state index >= 15 is 0 Å². The first-order chi connectivity index (χ1) is 11.0. The van der Waals surface area contributed by atoms with Crippen molar-refractivity contribution >= 4 is 32.4 Å². The smallest absolute Gasteiger partial charge is 0.295 e. The molecule has 0 atom stereocenters. The molecule has 0 amide bonds. The van der Waals surface area contributed by atoms with Gasteiger partial charge in [-0.25, -0.2) is 0 Å². The van der Waals surface area contributed by atoms with Crippen LogP contribution in [-0.2, 0) is 20.2 Å². The summed E-state index contributed by atoms with van der Waals surface area (Å²) in [5, 5.41) is 18.7. The van der Waals surface area contributed by atoms with Crippen molar-refractivity contribution in [3.8, 4) is 11.5 Å². The van der Waals surface area contributed by atoms with E-state index < -0.39 is 30.0 Å². The molecule has 0 aromatic heterocycles. The van der Waals surface area contributed by atoms with Crippen molar-refractivity contribution in [1.82, 2.24) is 0 Å². The fraction of sp³-hybridized carbons (Fsp3) is 0. The maximum absolute atomic E-state index is 11.3. The van der Waals surface area contributed by atoms with Gasteiger partial charge in [0.05, 0.1) is 0 Å². The van der Waals surface area contributed by atoms with Crippen molar-refractivity contribution < 1.29 is 36.2 Å². The Kier molecular flexibility index (Phi) is 4.67. The zero-order valence-corrected chi connectivity index (χ0v) is 13.5. The van der Waals surface area contributed by atoms with E-state index in [-0.39, 0.29) is 22.6 Å². The summed E-state index contributed by atoms with van der Waals surface area (Å²) in [5.41, 5.74) is -0.0469. The first-order valence-electron chi connectivity index (χ1n) is 6.27. The molecule has 0 saturated carbocycles. The zero-order valence-electron chi connectivity index (χ0n) is 11.9. The molecule has 2 aromatic carbocycles. The van der Waals surface area contributed by atoms with Crippen LogP contribution in [0.25, 0.3) is 12.2 Å². The number of hydrogen-bond donors (Lipinski definition) is 4. The molecule has 0 spiro atoms. The average Bonchev–Trinajstić information content (AvgIpc) is 2.45. The van der Waals surface area contributed by atoms with E-state index in [4.69, 9.17) is 9.11 Å². The molecule has 2 rings (SSSR count). The summed E-state index contributed by atoms with van der Waals surface area (Å²) in [5.74, 6) is -0.772. The molecular weight excluding hydrogens is 360 g/mol. The minimum Gasteiger partial charge on any atom is -0.508 e. The topological polar surface area (TPSA) is 149 Å². The lowest BCUT2D eigenvalue weighted by molar-refractivity contribution is 0.466. The van der Waals surface area contributed by atoms with Crippen LogP contribution in [0.2, 0.25) is 0 Å². The van der Waals surface area contributed by atoms with Gasteiger partial charge in [-0.05, 0) is 35.4 Å². The van der Waals surface area contributed by atoms with Crippen molar-refractivity contribution in [2.24, 2.45) is 0 Å². The van der Waals surface area contributed by atoms with Gasteiger partial charge in [0.1, 0.15) is 21.3 Å². The van der Waals surface area contributed by atoms with E-state index in [2.05, 4.69) is 0 Å². The van der Waals surface area contributed by atoms with E-state index in [1.54, 1.807) is 0 Å². The van der Waals surface area contributed by atoms with Gasteiger partial charge in [-0.2, -0.15) is 16.8 Å². The lowest BCUT2D eigenvalue weighted by atomic mass is 10.1. The van der Waals surface area contributed by atoms with Crippen LogP contribution in [0, 0.1) is 0 Å². The average molecular weight is 372 g/mol. The van der Waals surface area contributed by atoms with E-state index in [0.717, 1.165) is 12.1 Å². The van der Waals surface area contributed by atoms with Gasteiger partial charge < -0.3 is 10.2 Å².